The monoisotopic (exact) mass is 333 g/mol. The maximum atomic E-state index is 12.5. The molecule has 0 atom stereocenters. The summed E-state index contributed by atoms with van der Waals surface area (Å²) in [5.74, 6) is -1.43. The number of halogens is 6. The molecule has 1 N–H and O–H groups in total. The summed E-state index contributed by atoms with van der Waals surface area (Å²) in [5, 5.41) is 8.50. The highest BCUT2D eigenvalue weighted by Gasteiger charge is 2.35. The van der Waals surface area contributed by atoms with Gasteiger partial charge in [-0.25, -0.2) is 13.8 Å². The Morgan fingerprint density at radius 2 is 2.00 bits per heavy atom. The molecule has 1 heterocycles. The molecule has 0 aliphatic carbocycles. The topological polar surface area (TPSA) is 50.2 Å². The van der Waals surface area contributed by atoms with E-state index in [1.54, 1.807) is 0 Å². The van der Waals surface area contributed by atoms with Gasteiger partial charge in [-0.1, -0.05) is 0 Å². The van der Waals surface area contributed by atoms with Crippen molar-refractivity contribution in [3.63, 3.8) is 0 Å². The first-order chi connectivity index (χ1) is 8.12. The number of hydrogen-bond donors (Lipinski definition) is 1. The van der Waals surface area contributed by atoms with Crippen molar-refractivity contribution >= 4 is 21.9 Å². The van der Waals surface area contributed by atoms with Crippen molar-refractivity contribution in [3.05, 3.63) is 27.5 Å². The van der Waals surface area contributed by atoms with Crippen LogP contribution in [-0.4, -0.2) is 16.1 Å². The second-order valence-corrected chi connectivity index (χ2v) is 4.03. The zero-order valence-corrected chi connectivity index (χ0v) is 10.0. The van der Waals surface area contributed by atoms with Crippen molar-refractivity contribution in [2.45, 2.75) is 19.0 Å². The van der Waals surface area contributed by atoms with Crippen LogP contribution in [0.1, 0.15) is 23.4 Å². The minimum Gasteiger partial charge on any atom is -0.481 e. The maximum Gasteiger partial charge on any atom is 0.433 e. The third-order valence-electron chi connectivity index (χ3n) is 1.90. The lowest BCUT2D eigenvalue weighted by atomic mass is 10.1. The van der Waals surface area contributed by atoms with E-state index in [1.165, 1.54) is 0 Å². The number of hydrogen-bond acceptors (Lipinski definition) is 2. The number of aliphatic carboxylic acids is 1. The molecule has 9 heteroatoms. The van der Waals surface area contributed by atoms with Gasteiger partial charge < -0.3 is 5.11 Å². The molecule has 0 spiro atoms. The largest absolute Gasteiger partial charge is 0.481 e. The number of carboxylic acids is 1. The Morgan fingerprint density at radius 3 is 2.39 bits per heavy atom. The molecule has 100 valence electrons. The quantitative estimate of drug-likeness (QED) is 0.862. The van der Waals surface area contributed by atoms with E-state index in [1.807, 2.05) is 0 Å². The van der Waals surface area contributed by atoms with E-state index >= 15 is 0 Å². The zero-order valence-electron chi connectivity index (χ0n) is 8.43. The Bertz CT molecular complexity index is 475. The lowest BCUT2D eigenvalue weighted by molar-refractivity contribution is -0.142. The van der Waals surface area contributed by atoms with Crippen LogP contribution in [-0.2, 0) is 17.4 Å². The van der Waals surface area contributed by atoms with Gasteiger partial charge >= 0.3 is 12.1 Å². The predicted octanol–water partition coefficient (Wildman–Crippen LogP) is 3.43. The second kappa shape index (κ2) is 5.17. The molecule has 0 aliphatic heterocycles. The van der Waals surface area contributed by atoms with Crippen molar-refractivity contribution in [3.8, 4) is 0 Å². The molecule has 18 heavy (non-hydrogen) atoms. The zero-order chi connectivity index (χ0) is 14.1. The fraction of sp³-hybridized carbons (Fsp3) is 0.333. The minimum atomic E-state index is -4.92. The normalized spacial score (nSPS) is 11.9. The van der Waals surface area contributed by atoms with Gasteiger partial charge in [0.05, 0.1) is 6.42 Å². The van der Waals surface area contributed by atoms with Gasteiger partial charge in [0.25, 0.3) is 6.43 Å². The molecule has 0 unspecified atom stereocenters. The van der Waals surface area contributed by atoms with Crippen LogP contribution in [0.2, 0.25) is 0 Å². The van der Waals surface area contributed by atoms with E-state index in [2.05, 4.69) is 20.9 Å². The number of rotatable bonds is 3. The first-order valence-electron chi connectivity index (χ1n) is 4.39. The van der Waals surface area contributed by atoms with Crippen molar-refractivity contribution in [1.29, 1.82) is 0 Å². The van der Waals surface area contributed by atoms with E-state index in [-0.39, 0.29) is 0 Å². The fourth-order valence-corrected chi connectivity index (χ4v) is 1.70. The molecule has 0 amide bonds. The maximum absolute atomic E-state index is 12.5. The van der Waals surface area contributed by atoms with Gasteiger partial charge in [-0.15, -0.1) is 0 Å². The summed E-state index contributed by atoms with van der Waals surface area (Å²) >= 11 is 2.64. The molecular formula is C9H5BrF5NO2. The molecule has 3 nitrogen and oxygen atoms in total. The van der Waals surface area contributed by atoms with Crippen molar-refractivity contribution in [2.75, 3.05) is 0 Å². The highest BCUT2D eigenvalue weighted by molar-refractivity contribution is 9.10. The number of pyridine rings is 1. The molecule has 0 saturated carbocycles. The molecule has 0 bridgehead atoms. The second-order valence-electron chi connectivity index (χ2n) is 3.23. The van der Waals surface area contributed by atoms with Gasteiger partial charge in [0, 0.05) is 4.47 Å². The summed E-state index contributed by atoms with van der Waals surface area (Å²) in [6.07, 6.45) is -8.97. The van der Waals surface area contributed by atoms with Gasteiger partial charge in [0.2, 0.25) is 0 Å². The van der Waals surface area contributed by atoms with Gasteiger partial charge in [-0.05, 0) is 27.6 Å². The Hall–Kier alpha value is -1.25. The summed E-state index contributed by atoms with van der Waals surface area (Å²) in [7, 11) is 0. The van der Waals surface area contributed by atoms with E-state index in [4.69, 9.17) is 5.11 Å². The Morgan fingerprint density at radius 1 is 1.44 bits per heavy atom. The van der Waals surface area contributed by atoms with Gasteiger partial charge in [0.15, 0.2) is 0 Å². The highest BCUT2D eigenvalue weighted by Crippen LogP contribution is 2.35. The standard InChI is InChI=1S/C9H5BrF5NO2/c10-6-3(2-5(17)18)1-4(9(13,14)15)16-7(6)8(11)12/h1,8H,2H2,(H,17,18). The van der Waals surface area contributed by atoms with Gasteiger partial charge in [-0.3, -0.25) is 4.79 Å². The van der Waals surface area contributed by atoms with E-state index in [9.17, 15) is 26.7 Å². The van der Waals surface area contributed by atoms with Gasteiger partial charge in [0.1, 0.15) is 11.4 Å². The molecule has 0 aliphatic rings. The molecule has 1 aromatic rings. The molecule has 0 saturated heterocycles. The number of aromatic nitrogens is 1. The molecule has 0 radical (unpaired) electrons. The van der Waals surface area contributed by atoms with Crippen LogP contribution in [0, 0.1) is 0 Å². The molecule has 0 aromatic carbocycles. The Balaban J connectivity index is 3.41. The Labute approximate surface area is 106 Å². The summed E-state index contributed by atoms with van der Waals surface area (Å²) in [4.78, 5) is 13.2. The number of carbonyl (C=O) groups is 1. The third kappa shape index (κ3) is 3.37. The minimum absolute atomic E-state index is 0.403. The van der Waals surface area contributed by atoms with Crippen LogP contribution in [0.25, 0.3) is 0 Å². The van der Waals surface area contributed by atoms with E-state index < -0.39 is 46.4 Å². The van der Waals surface area contributed by atoms with Crippen molar-refractivity contribution in [2.24, 2.45) is 0 Å². The molecule has 0 fully saturated rings. The number of nitrogens with zero attached hydrogens (tertiary/aromatic N) is 1. The average Bonchev–Trinajstić information content (AvgIpc) is 2.18. The van der Waals surface area contributed by atoms with E-state index in [0.717, 1.165) is 0 Å². The lowest BCUT2D eigenvalue weighted by Gasteiger charge is -2.12. The third-order valence-corrected chi connectivity index (χ3v) is 2.81. The van der Waals surface area contributed by atoms with E-state index in [0.29, 0.717) is 6.07 Å². The Kier molecular flexibility index (Phi) is 4.25. The fourth-order valence-electron chi connectivity index (χ4n) is 1.19. The van der Waals surface area contributed by atoms with Crippen LogP contribution < -0.4 is 0 Å². The molecule has 1 rings (SSSR count). The predicted molar refractivity (Wildman–Crippen MR) is 53.2 cm³/mol. The summed E-state index contributed by atoms with van der Waals surface area (Å²) in [5.41, 5.74) is -3.07. The molecular weight excluding hydrogens is 329 g/mol. The SMILES string of the molecule is O=C(O)Cc1cc(C(F)(F)F)nc(C(F)F)c1Br. The smallest absolute Gasteiger partial charge is 0.433 e. The highest BCUT2D eigenvalue weighted by atomic mass is 79.9. The van der Waals surface area contributed by atoms with Crippen LogP contribution in [0.3, 0.4) is 0 Å². The number of carboxylic acid groups (broad SMARTS) is 1. The van der Waals surface area contributed by atoms with Crippen LogP contribution in [0.5, 0.6) is 0 Å². The first kappa shape index (κ1) is 14.8. The average molecular weight is 334 g/mol. The van der Waals surface area contributed by atoms with Crippen LogP contribution in [0.4, 0.5) is 22.0 Å². The van der Waals surface area contributed by atoms with Crippen LogP contribution in [0.15, 0.2) is 10.5 Å². The summed E-state index contributed by atoms with van der Waals surface area (Å²) < 4.78 is 61.8. The number of alkyl halides is 5. The van der Waals surface area contributed by atoms with Crippen molar-refractivity contribution in [1.82, 2.24) is 4.98 Å². The lowest BCUT2D eigenvalue weighted by Crippen LogP contribution is -2.13. The summed E-state index contributed by atoms with van der Waals surface area (Å²) in [6.45, 7) is 0. The molecule has 1 aromatic heterocycles. The van der Waals surface area contributed by atoms with Gasteiger partial charge in [-0.2, -0.15) is 13.2 Å². The van der Waals surface area contributed by atoms with Crippen molar-refractivity contribution < 1.29 is 31.9 Å². The van der Waals surface area contributed by atoms with Crippen LogP contribution >= 0.6 is 15.9 Å². The summed E-state index contributed by atoms with van der Waals surface area (Å²) in [6, 6.07) is 0.435. The first-order valence-corrected chi connectivity index (χ1v) is 5.18.